The Morgan fingerprint density at radius 2 is 1.97 bits per heavy atom. The third-order valence-electron chi connectivity index (χ3n) is 5.06. The Kier molecular flexibility index (Phi) is 5.56. The van der Waals surface area contributed by atoms with E-state index in [2.05, 4.69) is 15.1 Å². The van der Waals surface area contributed by atoms with Crippen LogP contribution in [0.25, 0.3) is 0 Å². The normalized spacial score (nSPS) is 21.2. The van der Waals surface area contributed by atoms with Gasteiger partial charge < -0.3 is 4.74 Å². The van der Waals surface area contributed by atoms with Crippen LogP contribution in [0.15, 0.2) is 47.9 Å². The lowest BCUT2D eigenvalue weighted by atomic mass is 10.0. The van der Waals surface area contributed by atoms with Gasteiger partial charge in [0.25, 0.3) is 10.0 Å². The molecular weight excluding hydrogens is 435 g/mol. The van der Waals surface area contributed by atoms with E-state index in [0.717, 1.165) is 6.33 Å². The molecule has 1 fully saturated rings. The van der Waals surface area contributed by atoms with Crippen molar-refractivity contribution in [2.24, 2.45) is 7.05 Å². The number of hydrogen-bond acceptors (Lipinski definition) is 6. The predicted octanol–water partition coefficient (Wildman–Crippen LogP) is 2.95. The molecule has 0 aliphatic heterocycles. The minimum absolute atomic E-state index is 0.00771. The molecule has 4 rings (SSSR count). The fraction of sp³-hybridized carbons (Fsp3) is 0.316. The van der Waals surface area contributed by atoms with E-state index in [1.54, 1.807) is 24.0 Å². The van der Waals surface area contributed by atoms with E-state index >= 15 is 0 Å². The van der Waals surface area contributed by atoms with Gasteiger partial charge in [-0.2, -0.15) is 5.10 Å². The molecule has 0 radical (unpaired) electrons. The third-order valence-corrected chi connectivity index (χ3v) is 6.43. The number of ether oxygens (including phenoxy) is 1. The van der Waals surface area contributed by atoms with E-state index in [4.69, 9.17) is 4.74 Å². The Hall–Kier alpha value is -3.15. The molecule has 1 aliphatic rings. The van der Waals surface area contributed by atoms with Crippen molar-refractivity contribution in [1.82, 2.24) is 19.7 Å². The Labute approximate surface area is 176 Å². The maximum Gasteiger partial charge on any atom is 0.266 e. The summed E-state index contributed by atoms with van der Waals surface area (Å²) in [5, 5.41) is 4.05. The molecule has 12 heteroatoms. The van der Waals surface area contributed by atoms with Gasteiger partial charge in [-0.3, -0.25) is 9.40 Å². The molecule has 0 amide bonds. The van der Waals surface area contributed by atoms with Crippen LogP contribution in [0.4, 0.5) is 19.0 Å². The highest BCUT2D eigenvalue weighted by atomic mass is 32.2. The molecule has 1 aliphatic carbocycles. The first-order valence-corrected chi connectivity index (χ1v) is 10.8. The van der Waals surface area contributed by atoms with Crippen LogP contribution >= 0.6 is 0 Å². The highest BCUT2D eigenvalue weighted by Crippen LogP contribution is 2.39. The van der Waals surface area contributed by atoms with Crippen LogP contribution in [0, 0.1) is 11.6 Å². The van der Waals surface area contributed by atoms with Crippen molar-refractivity contribution < 1.29 is 26.3 Å². The second kappa shape index (κ2) is 8.17. The zero-order valence-corrected chi connectivity index (χ0v) is 17.1. The number of nitrogens with one attached hydrogen (secondary N) is 1. The van der Waals surface area contributed by atoms with Crippen molar-refractivity contribution in [3.05, 3.63) is 60.3 Å². The molecule has 0 spiro atoms. The molecule has 3 atom stereocenters. The summed E-state index contributed by atoms with van der Waals surface area (Å²) >= 11 is 0. The van der Waals surface area contributed by atoms with Crippen LogP contribution < -0.4 is 9.46 Å². The smallest absolute Gasteiger partial charge is 0.266 e. The Morgan fingerprint density at radius 1 is 1.16 bits per heavy atom. The SMILES string of the molecule is Cn1nccc1C1CC(F)CC1Oc1cc(F)c(S(=O)(=O)Nc2ccncn2)cc1F. The average Bonchev–Trinajstić information content (AvgIpc) is 3.29. The molecule has 2 heterocycles. The summed E-state index contributed by atoms with van der Waals surface area (Å²) in [7, 11) is -2.76. The van der Waals surface area contributed by atoms with Gasteiger partial charge in [0.15, 0.2) is 11.6 Å². The molecule has 0 bridgehead atoms. The summed E-state index contributed by atoms with van der Waals surface area (Å²) in [4.78, 5) is 6.43. The van der Waals surface area contributed by atoms with E-state index in [0.29, 0.717) is 17.8 Å². The summed E-state index contributed by atoms with van der Waals surface area (Å²) in [6.45, 7) is 0. The van der Waals surface area contributed by atoms with E-state index < -0.39 is 50.5 Å². The van der Waals surface area contributed by atoms with Gasteiger partial charge in [0.05, 0.1) is 0 Å². The van der Waals surface area contributed by atoms with Gasteiger partial charge in [-0.1, -0.05) is 0 Å². The van der Waals surface area contributed by atoms with Crippen molar-refractivity contribution in [2.45, 2.75) is 35.9 Å². The molecule has 0 saturated heterocycles. The number of anilines is 1. The van der Waals surface area contributed by atoms with Gasteiger partial charge in [0, 0.05) is 49.6 Å². The first-order chi connectivity index (χ1) is 14.7. The fourth-order valence-corrected chi connectivity index (χ4v) is 4.72. The van der Waals surface area contributed by atoms with Gasteiger partial charge in [-0.25, -0.2) is 31.6 Å². The molecule has 1 saturated carbocycles. The average molecular weight is 453 g/mol. The van der Waals surface area contributed by atoms with Crippen LogP contribution in [-0.2, 0) is 17.1 Å². The van der Waals surface area contributed by atoms with Gasteiger partial charge >= 0.3 is 0 Å². The zero-order chi connectivity index (χ0) is 22.2. The summed E-state index contributed by atoms with van der Waals surface area (Å²) in [6, 6.07) is 4.14. The monoisotopic (exact) mass is 453 g/mol. The van der Waals surface area contributed by atoms with E-state index in [9.17, 15) is 21.6 Å². The van der Waals surface area contributed by atoms with Crippen LogP contribution in [-0.4, -0.2) is 40.4 Å². The maximum atomic E-state index is 14.7. The van der Waals surface area contributed by atoms with Crippen molar-refractivity contribution in [1.29, 1.82) is 0 Å². The van der Waals surface area contributed by atoms with E-state index in [1.165, 1.54) is 12.3 Å². The number of hydrogen-bond donors (Lipinski definition) is 1. The lowest BCUT2D eigenvalue weighted by Crippen LogP contribution is -2.23. The first kappa shape index (κ1) is 21.1. The van der Waals surface area contributed by atoms with Gasteiger partial charge in [-0.15, -0.1) is 0 Å². The zero-order valence-electron chi connectivity index (χ0n) is 16.2. The lowest BCUT2D eigenvalue weighted by molar-refractivity contribution is 0.171. The maximum absolute atomic E-state index is 14.7. The molecule has 31 heavy (non-hydrogen) atoms. The quantitative estimate of drug-likeness (QED) is 0.616. The summed E-state index contributed by atoms with van der Waals surface area (Å²) in [5.74, 6) is -3.31. The number of halogens is 3. The second-order valence-corrected chi connectivity index (χ2v) is 8.78. The fourth-order valence-electron chi connectivity index (χ4n) is 3.64. The summed E-state index contributed by atoms with van der Waals surface area (Å²) in [5.41, 5.74) is 0.708. The molecule has 8 nitrogen and oxygen atoms in total. The van der Waals surface area contributed by atoms with Gasteiger partial charge in [0.1, 0.15) is 35.1 Å². The largest absolute Gasteiger partial charge is 0.486 e. The molecule has 1 aromatic carbocycles. The Bertz CT molecular complexity index is 1190. The summed E-state index contributed by atoms with van der Waals surface area (Å²) < 4.78 is 77.5. The van der Waals surface area contributed by atoms with Crippen molar-refractivity contribution in [2.75, 3.05) is 4.72 Å². The number of sulfonamides is 1. The molecule has 3 unspecified atom stereocenters. The van der Waals surface area contributed by atoms with Crippen LogP contribution in [0.3, 0.4) is 0 Å². The van der Waals surface area contributed by atoms with Crippen LogP contribution in [0.1, 0.15) is 24.5 Å². The number of nitrogens with zero attached hydrogens (tertiary/aromatic N) is 4. The molecule has 3 aromatic rings. The number of aromatic nitrogens is 4. The molecule has 164 valence electrons. The van der Waals surface area contributed by atoms with Crippen molar-refractivity contribution in [3.8, 4) is 5.75 Å². The predicted molar refractivity (Wildman–Crippen MR) is 104 cm³/mol. The van der Waals surface area contributed by atoms with Crippen LogP contribution in [0.5, 0.6) is 5.75 Å². The lowest BCUT2D eigenvalue weighted by Gasteiger charge is -2.21. The Balaban J connectivity index is 1.59. The van der Waals surface area contributed by atoms with E-state index in [1.807, 2.05) is 4.72 Å². The molecule has 1 N–H and O–H groups in total. The number of rotatable bonds is 6. The van der Waals surface area contributed by atoms with Gasteiger partial charge in [-0.05, 0) is 18.6 Å². The molecule has 2 aromatic heterocycles. The highest BCUT2D eigenvalue weighted by molar-refractivity contribution is 7.92. The van der Waals surface area contributed by atoms with Gasteiger partial charge in [0.2, 0.25) is 0 Å². The summed E-state index contributed by atoms with van der Waals surface area (Å²) in [6.07, 6.45) is 2.16. The molecular formula is C19H18F3N5O3S. The number of alkyl halides is 1. The highest BCUT2D eigenvalue weighted by Gasteiger charge is 2.39. The number of benzene rings is 1. The topological polar surface area (TPSA) is 99.0 Å². The van der Waals surface area contributed by atoms with E-state index in [-0.39, 0.29) is 18.7 Å². The third kappa shape index (κ3) is 4.33. The second-order valence-electron chi connectivity index (χ2n) is 7.12. The first-order valence-electron chi connectivity index (χ1n) is 9.31. The van der Waals surface area contributed by atoms with Crippen molar-refractivity contribution in [3.63, 3.8) is 0 Å². The minimum Gasteiger partial charge on any atom is -0.486 e. The number of aryl methyl sites for hydroxylation is 1. The van der Waals surface area contributed by atoms with Crippen molar-refractivity contribution >= 4 is 15.8 Å². The van der Waals surface area contributed by atoms with Crippen LogP contribution in [0.2, 0.25) is 0 Å². The minimum atomic E-state index is -4.45. The Morgan fingerprint density at radius 3 is 2.65 bits per heavy atom. The standard InChI is InChI=1S/C19H18F3N5O3S/c1-27-15(2-5-25-27)12-6-11(20)7-16(12)30-17-8-14(22)18(9-13(17)21)31(28,29)26-19-3-4-23-10-24-19/h2-5,8-12,16H,6-7H2,1H3,(H,23,24,26).